The summed E-state index contributed by atoms with van der Waals surface area (Å²) in [6.45, 7) is -0.209. The summed E-state index contributed by atoms with van der Waals surface area (Å²) in [7, 11) is 1.31. The summed E-state index contributed by atoms with van der Waals surface area (Å²) < 4.78 is 9.92. The topological polar surface area (TPSA) is 128 Å². The van der Waals surface area contributed by atoms with E-state index in [1.165, 1.54) is 30.2 Å². The Morgan fingerprint density at radius 2 is 1.97 bits per heavy atom. The number of carbonyl (C=O) groups excluding carboxylic acids is 3. The molecule has 0 aromatic heterocycles. The molecule has 0 spiro atoms. The molecule has 2 aromatic carbocycles. The molecule has 2 amide bonds. The fourth-order valence-electron chi connectivity index (χ4n) is 2.95. The Kier molecular flexibility index (Phi) is 6.26. The molecular formula is C20H19N3O7. The number of nitrogens with zero attached hydrogens (tertiary/aromatic N) is 2. The summed E-state index contributed by atoms with van der Waals surface area (Å²) in [5.41, 5.74) is 1.33. The lowest BCUT2D eigenvalue weighted by Gasteiger charge is -2.28. The van der Waals surface area contributed by atoms with Gasteiger partial charge >= 0.3 is 5.97 Å². The second-order valence-corrected chi connectivity index (χ2v) is 6.47. The number of nitrogens with one attached hydrogen (secondary N) is 1. The summed E-state index contributed by atoms with van der Waals surface area (Å²) >= 11 is 0. The fourth-order valence-corrected chi connectivity index (χ4v) is 2.95. The van der Waals surface area contributed by atoms with Crippen LogP contribution in [0.5, 0.6) is 5.75 Å². The van der Waals surface area contributed by atoms with Gasteiger partial charge in [0.25, 0.3) is 11.6 Å². The van der Waals surface area contributed by atoms with Crippen LogP contribution in [0, 0.1) is 10.1 Å². The normalized spacial score (nSPS) is 12.6. The number of esters is 1. The zero-order chi connectivity index (χ0) is 21.7. The zero-order valence-electron chi connectivity index (χ0n) is 16.1. The molecule has 3 rings (SSSR count). The van der Waals surface area contributed by atoms with Gasteiger partial charge < -0.3 is 14.8 Å². The number of fused-ring (bicyclic) bond motifs is 1. The van der Waals surface area contributed by atoms with Gasteiger partial charge in [-0.05, 0) is 30.2 Å². The Balaban J connectivity index is 1.58. The average molecular weight is 413 g/mol. The minimum atomic E-state index is -0.580. The summed E-state index contributed by atoms with van der Waals surface area (Å²) in [5.74, 6) is -0.991. The smallest absolute Gasteiger partial charge is 0.337 e. The summed E-state index contributed by atoms with van der Waals surface area (Å²) in [6, 6.07) is 10.7. The Hall–Kier alpha value is -3.95. The van der Waals surface area contributed by atoms with Gasteiger partial charge in [-0.2, -0.15) is 0 Å². The Morgan fingerprint density at radius 1 is 1.23 bits per heavy atom. The molecule has 0 aliphatic carbocycles. The monoisotopic (exact) mass is 413 g/mol. The van der Waals surface area contributed by atoms with E-state index in [0.29, 0.717) is 24.3 Å². The maximum atomic E-state index is 12.3. The maximum Gasteiger partial charge on any atom is 0.337 e. The van der Waals surface area contributed by atoms with E-state index in [9.17, 15) is 24.5 Å². The van der Waals surface area contributed by atoms with E-state index in [0.717, 1.165) is 5.56 Å². The van der Waals surface area contributed by atoms with Crippen LogP contribution in [0.2, 0.25) is 0 Å². The lowest BCUT2D eigenvalue weighted by atomic mass is 10.1. The Bertz CT molecular complexity index is 988. The predicted molar refractivity (Wildman–Crippen MR) is 105 cm³/mol. The Labute approximate surface area is 171 Å². The van der Waals surface area contributed by atoms with Crippen molar-refractivity contribution >= 4 is 29.2 Å². The molecule has 1 aliphatic heterocycles. The number of carbonyl (C=O) groups is 3. The molecule has 0 saturated heterocycles. The number of anilines is 1. The van der Waals surface area contributed by atoms with E-state index in [1.807, 2.05) is 0 Å². The average Bonchev–Trinajstić information content (AvgIpc) is 2.75. The molecule has 0 bridgehead atoms. The quantitative estimate of drug-likeness (QED) is 0.413. The first kappa shape index (κ1) is 20.8. The van der Waals surface area contributed by atoms with Crippen molar-refractivity contribution in [3.05, 3.63) is 63.7 Å². The highest BCUT2D eigenvalue weighted by Crippen LogP contribution is 2.35. The van der Waals surface area contributed by atoms with Crippen molar-refractivity contribution in [2.45, 2.75) is 6.42 Å². The standard InChI is InChI=1S/C20H19N3O7/c1-29-20(26)14-4-2-13(3-5-14)8-9-21-18(24)11-22-16-10-15(23(27)28)6-7-17(16)30-12-19(22)25/h2-7,10H,8-9,11-12H2,1H3,(H,21,24). The van der Waals surface area contributed by atoms with Crippen molar-refractivity contribution < 1.29 is 28.8 Å². The molecule has 0 saturated carbocycles. The van der Waals surface area contributed by atoms with Crippen LogP contribution in [0.4, 0.5) is 11.4 Å². The molecule has 0 fully saturated rings. The molecule has 0 atom stereocenters. The molecule has 156 valence electrons. The van der Waals surface area contributed by atoms with Crippen LogP contribution in [0.15, 0.2) is 42.5 Å². The number of hydrogen-bond donors (Lipinski definition) is 1. The van der Waals surface area contributed by atoms with Gasteiger partial charge in [-0.3, -0.25) is 24.6 Å². The van der Waals surface area contributed by atoms with Crippen molar-refractivity contribution in [1.82, 2.24) is 5.32 Å². The first-order valence-electron chi connectivity index (χ1n) is 9.04. The number of rotatable bonds is 7. The van der Waals surface area contributed by atoms with Crippen LogP contribution in [-0.4, -0.2) is 49.5 Å². The molecule has 0 unspecified atom stereocenters. The van der Waals surface area contributed by atoms with Crippen LogP contribution >= 0.6 is 0 Å². The van der Waals surface area contributed by atoms with Crippen molar-refractivity contribution in [2.24, 2.45) is 0 Å². The van der Waals surface area contributed by atoms with Crippen LogP contribution < -0.4 is 15.0 Å². The molecule has 2 aromatic rings. The van der Waals surface area contributed by atoms with Gasteiger partial charge in [0.1, 0.15) is 12.3 Å². The number of methoxy groups -OCH3 is 1. The first-order valence-corrected chi connectivity index (χ1v) is 9.04. The van der Waals surface area contributed by atoms with Crippen LogP contribution in [0.3, 0.4) is 0 Å². The molecular weight excluding hydrogens is 394 g/mol. The number of nitro groups is 1. The van der Waals surface area contributed by atoms with E-state index in [4.69, 9.17) is 4.74 Å². The van der Waals surface area contributed by atoms with E-state index in [2.05, 4.69) is 10.1 Å². The number of hydrogen-bond acceptors (Lipinski definition) is 7. The molecule has 1 aliphatic rings. The van der Waals surface area contributed by atoms with Crippen molar-refractivity contribution in [3.8, 4) is 5.75 Å². The van der Waals surface area contributed by atoms with Crippen LogP contribution in [0.25, 0.3) is 0 Å². The highest BCUT2D eigenvalue weighted by Gasteiger charge is 2.29. The molecule has 30 heavy (non-hydrogen) atoms. The zero-order valence-corrected chi connectivity index (χ0v) is 16.1. The predicted octanol–water partition coefficient (Wildman–Crippen LogP) is 1.47. The molecule has 1 N–H and O–H groups in total. The van der Waals surface area contributed by atoms with Crippen LogP contribution in [0.1, 0.15) is 15.9 Å². The number of ether oxygens (including phenoxy) is 2. The third kappa shape index (κ3) is 4.72. The van der Waals surface area contributed by atoms with E-state index in [-0.39, 0.29) is 24.5 Å². The molecule has 10 heteroatoms. The minimum absolute atomic E-state index is 0.189. The largest absolute Gasteiger partial charge is 0.482 e. The number of amides is 2. The minimum Gasteiger partial charge on any atom is -0.482 e. The van der Waals surface area contributed by atoms with Gasteiger partial charge in [-0.15, -0.1) is 0 Å². The van der Waals surface area contributed by atoms with Gasteiger partial charge in [0.05, 0.1) is 23.3 Å². The SMILES string of the molecule is COC(=O)c1ccc(CCNC(=O)CN2C(=O)COc3ccc([N+](=O)[O-])cc32)cc1. The molecule has 10 nitrogen and oxygen atoms in total. The summed E-state index contributed by atoms with van der Waals surface area (Å²) in [6.07, 6.45) is 0.520. The lowest BCUT2D eigenvalue weighted by molar-refractivity contribution is -0.384. The molecule has 0 radical (unpaired) electrons. The highest BCUT2D eigenvalue weighted by atomic mass is 16.6. The van der Waals surface area contributed by atoms with Crippen LogP contribution in [-0.2, 0) is 20.7 Å². The maximum absolute atomic E-state index is 12.3. The lowest BCUT2D eigenvalue weighted by Crippen LogP contribution is -2.45. The number of benzene rings is 2. The van der Waals surface area contributed by atoms with Gasteiger partial charge in [0.2, 0.25) is 5.91 Å². The number of non-ortho nitro benzene ring substituents is 1. The second-order valence-electron chi connectivity index (χ2n) is 6.47. The van der Waals surface area contributed by atoms with Crippen molar-refractivity contribution in [3.63, 3.8) is 0 Å². The second kappa shape index (κ2) is 9.03. The van der Waals surface area contributed by atoms with Gasteiger partial charge in [-0.1, -0.05) is 12.1 Å². The Morgan fingerprint density at radius 3 is 2.63 bits per heavy atom. The third-order valence-corrected chi connectivity index (χ3v) is 4.51. The van der Waals surface area contributed by atoms with Crippen molar-refractivity contribution in [2.75, 3.05) is 31.7 Å². The van der Waals surface area contributed by atoms with E-state index >= 15 is 0 Å². The van der Waals surface area contributed by atoms with Gasteiger partial charge in [-0.25, -0.2) is 4.79 Å². The summed E-state index contributed by atoms with van der Waals surface area (Å²) in [5, 5.41) is 13.7. The molecule has 1 heterocycles. The van der Waals surface area contributed by atoms with E-state index in [1.54, 1.807) is 24.3 Å². The van der Waals surface area contributed by atoms with Crippen molar-refractivity contribution in [1.29, 1.82) is 0 Å². The highest BCUT2D eigenvalue weighted by molar-refractivity contribution is 6.02. The fraction of sp³-hybridized carbons (Fsp3) is 0.250. The summed E-state index contributed by atoms with van der Waals surface area (Å²) in [4.78, 5) is 47.5. The van der Waals surface area contributed by atoms with Gasteiger partial charge in [0.15, 0.2) is 6.61 Å². The first-order chi connectivity index (χ1) is 14.4. The third-order valence-electron chi connectivity index (χ3n) is 4.51. The van der Waals surface area contributed by atoms with Gasteiger partial charge in [0, 0.05) is 18.7 Å². The van der Waals surface area contributed by atoms with E-state index < -0.39 is 22.7 Å². The number of nitro benzene ring substituents is 1.